The van der Waals surface area contributed by atoms with Crippen molar-refractivity contribution in [2.75, 3.05) is 37.9 Å². The number of methoxy groups -OCH3 is 1. The minimum Gasteiger partial charge on any atom is -0.497 e. The number of benzene rings is 2. The highest BCUT2D eigenvalue weighted by molar-refractivity contribution is 5.94. The van der Waals surface area contributed by atoms with Gasteiger partial charge in [-0.15, -0.1) is 0 Å². The summed E-state index contributed by atoms with van der Waals surface area (Å²) in [6, 6.07) is 15.0. The van der Waals surface area contributed by atoms with Gasteiger partial charge in [0.15, 0.2) is 0 Å². The van der Waals surface area contributed by atoms with Crippen LogP contribution in [0.15, 0.2) is 48.5 Å². The van der Waals surface area contributed by atoms with E-state index in [9.17, 15) is 9.59 Å². The molecule has 0 radical (unpaired) electrons. The number of hydrogen-bond acceptors (Lipinski definition) is 4. The van der Waals surface area contributed by atoms with E-state index in [-0.39, 0.29) is 24.9 Å². The van der Waals surface area contributed by atoms with Gasteiger partial charge < -0.3 is 15.4 Å². The van der Waals surface area contributed by atoms with Crippen LogP contribution in [-0.2, 0) is 9.59 Å². The van der Waals surface area contributed by atoms with Gasteiger partial charge in [-0.25, -0.2) is 0 Å². The van der Waals surface area contributed by atoms with Crippen LogP contribution in [0.4, 0.5) is 11.4 Å². The average Bonchev–Trinajstić information content (AvgIpc) is 2.68. The fraction of sp³-hybridized carbons (Fsp3) is 0.364. The van der Waals surface area contributed by atoms with Gasteiger partial charge >= 0.3 is 0 Å². The van der Waals surface area contributed by atoms with Gasteiger partial charge in [-0.2, -0.15) is 0 Å². The zero-order valence-corrected chi connectivity index (χ0v) is 17.0. The summed E-state index contributed by atoms with van der Waals surface area (Å²) in [4.78, 5) is 26.0. The molecule has 150 valence electrons. The van der Waals surface area contributed by atoms with Gasteiger partial charge in [0, 0.05) is 11.4 Å². The number of hydrogen-bond donors (Lipinski definition) is 2. The number of amides is 2. The van der Waals surface area contributed by atoms with Crippen LogP contribution in [-0.4, -0.2) is 44.0 Å². The second kappa shape index (κ2) is 10.5. The first-order chi connectivity index (χ1) is 13.4. The van der Waals surface area contributed by atoms with Gasteiger partial charge in [0.25, 0.3) is 0 Å². The number of nitrogens with zero attached hydrogens (tertiary/aromatic N) is 1. The summed E-state index contributed by atoms with van der Waals surface area (Å²) in [5.74, 6) is 0.887. The van der Waals surface area contributed by atoms with Crippen molar-refractivity contribution in [3.63, 3.8) is 0 Å². The highest BCUT2D eigenvalue weighted by atomic mass is 16.5. The van der Waals surface area contributed by atoms with Crippen LogP contribution in [0, 0.1) is 0 Å². The van der Waals surface area contributed by atoms with Gasteiger partial charge in [0.1, 0.15) is 5.75 Å². The Morgan fingerprint density at radius 2 is 1.39 bits per heavy atom. The largest absolute Gasteiger partial charge is 0.497 e. The van der Waals surface area contributed by atoms with E-state index in [0.29, 0.717) is 11.6 Å². The molecule has 1 atom stereocenters. The van der Waals surface area contributed by atoms with E-state index >= 15 is 0 Å². The van der Waals surface area contributed by atoms with E-state index in [0.717, 1.165) is 17.9 Å². The molecule has 2 N–H and O–H groups in total. The lowest BCUT2D eigenvalue weighted by atomic mass is 9.99. The predicted octanol–water partition coefficient (Wildman–Crippen LogP) is 3.72. The third-order valence-corrected chi connectivity index (χ3v) is 4.58. The SMILES string of the molecule is CC[C@H](C)c1ccc(NC(=O)CN(C)CC(=O)Nc2ccc(OC)cc2)cc1. The number of nitrogens with one attached hydrogen (secondary N) is 2. The Morgan fingerprint density at radius 1 is 0.929 bits per heavy atom. The summed E-state index contributed by atoms with van der Waals surface area (Å²) in [7, 11) is 3.33. The van der Waals surface area contributed by atoms with Crippen LogP contribution in [0.25, 0.3) is 0 Å². The van der Waals surface area contributed by atoms with Gasteiger partial charge in [0.05, 0.1) is 20.2 Å². The lowest BCUT2D eigenvalue weighted by Crippen LogP contribution is -2.36. The molecule has 6 heteroatoms. The minimum atomic E-state index is -0.182. The fourth-order valence-corrected chi connectivity index (χ4v) is 2.75. The minimum absolute atomic E-state index is 0.117. The molecular weight excluding hydrogens is 354 g/mol. The number of rotatable bonds is 9. The van der Waals surface area contributed by atoms with E-state index in [1.54, 1.807) is 43.3 Å². The molecule has 0 spiro atoms. The summed E-state index contributed by atoms with van der Waals surface area (Å²) in [5, 5.41) is 5.67. The van der Waals surface area contributed by atoms with Crippen molar-refractivity contribution in [3.05, 3.63) is 54.1 Å². The molecule has 0 heterocycles. The smallest absolute Gasteiger partial charge is 0.238 e. The summed E-state index contributed by atoms with van der Waals surface area (Å²) in [5.41, 5.74) is 2.70. The zero-order valence-electron chi connectivity index (χ0n) is 17.0. The Bertz CT molecular complexity index is 773. The van der Waals surface area contributed by atoms with E-state index < -0.39 is 0 Å². The van der Waals surface area contributed by atoms with E-state index in [4.69, 9.17) is 4.74 Å². The van der Waals surface area contributed by atoms with Gasteiger partial charge in [-0.3, -0.25) is 14.5 Å². The van der Waals surface area contributed by atoms with Gasteiger partial charge in [-0.05, 0) is 61.3 Å². The molecule has 0 saturated carbocycles. The monoisotopic (exact) mass is 383 g/mol. The topological polar surface area (TPSA) is 70.7 Å². The van der Waals surface area contributed by atoms with Crippen LogP contribution < -0.4 is 15.4 Å². The first kappa shape index (κ1) is 21.4. The van der Waals surface area contributed by atoms with Crippen LogP contribution in [0.5, 0.6) is 5.75 Å². The molecule has 0 aliphatic rings. The van der Waals surface area contributed by atoms with Crippen LogP contribution in [0.1, 0.15) is 31.7 Å². The molecule has 0 aromatic heterocycles. The third kappa shape index (κ3) is 6.70. The van der Waals surface area contributed by atoms with Gasteiger partial charge in [-0.1, -0.05) is 26.0 Å². The first-order valence-electron chi connectivity index (χ1n) is 9.43. The van der Waals surface area contributed by atoms with Crippen molar-refractivity contribution in [1.82, 2.24) is 4.90 Å². The summed E-state index contributed by atoms with van der Waals surface area (Å²) in [6.07, 6.45) is 1.08. The maximum atomic E-state index is 12.2. The van der Waals surface area contributed by atoms with E-state index in [1.165, 1.54) is 5.56 Å². The summed E-state index contributed by atoms with van der Waals surface area (Å²) in [6.45, 7) is 4.58. The van der Waals surface area contributed by atoms with E-state index in [1.807, 2.05) is 24.3 Å². The maximum Gasteiger partial charge on any atom is 0.238 e. The van der Waals surface area contributed by atoms with Crippen LogP contribution in [0.3, 0.4) is 0 Å². The molecule has 2 aromatic carbocycles. The number of anilines is 2. The van der Waals surface area contributed by atoms with Crippen LogP contribution in [0.2, 0.25) is 0 Å². The molecule has 0 saturated heterocycles. The molecule has 0 fully saturated rings. The summed E-state index contributed by atoms with van der Waals surface area (Å²) >= 11 is 0. The number of likely N-dealkylation sites (N-methyl/N-ethyl adjacent to an activating group) is 1. The highest BCUT2D eigenvalue weighted by Crippen LogP contribution is 2.20. The molecule has 2 amide bonds. The Morgan fingerprint density at radius 3 is 1.82 bits per heavy atom. The van der Waals surface area contributed by atoms with Crippen molar-refractivity contribution >= 4 is 23.2 Å². The lowest BCUT2D eigenvalue weighted by molar-refractivity contribution is -0.119. The number of ether oxygens (including phenoxy) is 1. The molecule has 0 aliphatic heterocycles. The van der Waals surface area contributed by atoms with Crippen molar-refractivity contribution in [3.8, 4) is 5.75 Å². The standard InChI is InChI=1S/C22H29N3O3/c1-5-16(2)17-6-8-18(9-7-17)23-21(26)14-25(3)15-22(27)24-19-10-12-20(28-4)13-11-19/h6-13,16H,5,14-15H2,1-4H3,(H,23,26)(H,24,27)/t16-/m0/s1. The van der Waals surface area contributed by atoms with Gasteiger partial charge in [0.2, 0.25) is 11.8 Å². The molecule has 6 nitrogen and oxygen atoms in total. The van der Waals surface area contributed by atoms with Crippen molar-refractivity contribution in [2.24, 2.45) is 0 Å². The van der Waals surface area contributed by atoms with Crippen molar-refractivity contribution < 1.29 is 14.3 Å². The average molecular weight is 383 g/mol. The Balaban J connectivity index is 1.78. The predicted molar refractivity (Wildman–Crippen MR) is 113 cm³/mol. The lowest BCUT2D eigenvalue weighted by Gasteiger charge is -2.16. The van der Waals surface area contributed by atoms with Crippen molar-refractivity contribution in [2.45, 2.75) is 26.2 Å². The quantitative estimate of drug-likeness (QED) is 0.692. The Kier molecular flexibility index (Phi) is 8.02. The number of carbonyl (C=O) groups is 2. The second-order valence-corrected chi connectivity index (χ2v) is 6.93. The van der Waals surface area contributed by atoms with Crippen LogP contribution >= 0.6 is 0 Å². The molecule has 2 rings (SSSR count). The Hall–Kier alpha value is -2.86. The molecule has 0 unspecified atom stereocenters. The summed E-state index contributed by atoms with van der Waals surface area (Å²) < 4.78 is 5.09. The van der Waals surface area contributed by atoms with Crippen molar-refractivity contribution in [1.29, 1.82) is 0 Å². The molecule has 2 aromatic rings. The maximum absolute atomic E-state index is 12.2. The zero-order chi connectivity index (χ0) is 20.5. The third-order valence-electron chi connectivity index (χ3n) is 4.58. The number of carbonyl (C=O) groups excluding carboxylic acids is 2. The Labute approximate surface area is 166 Å². The molecule has 0 bridgehead atoms. The molecule has 28 heavy (non-hydrogen) atoms. The fourth-order valence-electron chi connectivity index (χ4n) is 2.75. The normalized spacial score (nSPS) is 11.8. The van der Waals surface area contributed by atoms with E-state index in [2.05, 4.69) is 24.5 Å². The molecule has 0 aliphatic carbocycles. The first-order valence-corrected chi connectivity index (χ1v) is 9.43. The second-order valence-electron chi connectivity index (χ2n) is 6.93. The molecular formula is C22H29N3O3. The highest BCUT2D eigenvalue weighted by Gasteiger charge is 2.12.